The lowest BCUT2D eigenvalue weighted by molar-refractivity contribution is -0.119. The van der Waals surface area contributed by atoms with Crippen molar-refractivity contribution in [2.24, 2.45) is 5.10 Å². The molecule has 0 saturated carbocycles. The Morgan fingerprint density at radius 2 is 1.93 bits per heavy atom. The second-order valence-corrected chi connectivity index (χ2v) is 10.1. The molecule has 0 aliphatic heterocycles. The van der Waals surface area contributed by atoms with Gasteiger partial charge in [0, 0.05) is 10.4 Å². The van der Waals surface area contributed by atoms with E-state index in [2.05, 4.69) is 29.1 Å². The standard InChI is InChI=1S/C22H25N3O3S2/c1-14(2)17-8-7-15(3)22-19(11-17)16(4)10-20(22)30(27,28)24-13-21(26)25-23-12-18-6-5-9-29-18/h5-12,14,24H,13H2,1-4H3,(H,25,26)/b23-12-. The van der Waals surface area contributed by atoms with Crippen molar-refractivity contribution in [3.8, 4) is 11.1 Å². The molecule has 1 aromatic heterocycles. The normalized spacial score (nSPS) is 12.2. The second-order valence-electron chi connectivity index (χ2n) is 7.43. The summed E-state index contributed by atoms with van der Waals surface area (Å²) in [7, 11) is -3.88. The summed E-state index contributed by atoms with van der Waals surface area (Å²) in [5.74, 6) is -0.214. The van der Waals surface area contributed by atoms with Crippen molar-refractivity contribution >= 4 is 33.5 Å². The van der Waals surface area contributed by atoms with Gasteiger partial charge in [0.15, 0.2) is 0 Å². The van der Waals surface area contributed by atoms with Crippen LogP contribution in [-0.4, -0.2) is 27.1 Å². The van der Waals surface area contributed by atoms with E-state index in [1.807, 2.05) is 49.6 Å². The molecule has 0 fully saturated rings. The molecule has 0 saturated heterocycles. The number of nitrogens with zero attached hydrogens (tertiary/aromatic N) is 1. The number of hydrogen-bond acceptors (Lipinski definition) is 5. The zero-order chi connectivity index (χ0) is 21.9. The SMILES string of the molecule is Cc1cc(S(=O)(=O)NCC(=O)N/N=C\c2cccs2)c2c(C)ccc(C(C)C)cc1-2. The maximum absolute atomic E-state index is 13.0. The predicted molar refractivity (Wildman–Crippen MR) is 122 cm³/mol. The zero-order valence-corrected chi connectivity index (χ0v) is 19.0. The number of hydrazone groups is 1. The van der Waals surface area contributed by atoms with Crippen LogP contribution in [0.1, 0.15) is 41.3 Å². The molecule has 1 amide bonds. The second kappa shape index (κ2) is 9.07. The molecular formula is C22H25N3O3S2. The van der Waals surface area contributed by atoms with Crippen LogP contribution in [0, 0.1) is 13.8 Å². The van der Waals surface area contributed by atoms with Gasteiger partial charge in [-0.15, -0.1) is 11.3 Å². The zero-order valence-electron chi connectivity index (χ0n) is 17.4. The van der Waals surface area contributed by atoms with Crippen LogP contribution in [0.25, 0.3) is 11.1 Å². The Hall–Kier alpha value is -2.55. The lowest BCUT2D eigenvalue weighted by Gasteiger charge is -2.08. The van der Waals surface area contributed by atoms with E-state index in [4.69, 9.17) is 0 Å². The van der Waals surface area contributed by atoms with Gasteiger partial charge in [0.2, 0.25) is 10.0 Å². The maximum Gasteiger partial charge on any atom is 0.255 e. The minimum atomic E-state index is -3.88. The quantitative estimate of drug-likeness (QED) is 0.427. The van der Waals surface area contributed by atoms with Gasteiger partial charge < -0.3 is 0 Å². The lowest BCUT2D eigenvalue weighted by atomic mass is 10.0. The summed E-state index contributed by atoms with van der Waals surface area (Å²) in [4.78, 5) is 13.1. The Morgan fingerprint density at radius 3 is 2.60 bits per heavy atom. The number of amides is 1. The summed E-state index contributed by atoms with van der Waals surface area (Å²) in [5, 5.41) is 5.74. The van der Waals surface area contributed by atoms with E-state index in [-0.39, 0.29) is 4.90 Å². The van der Waals surface area contributed by atoms with Gasteiger partial charge in [-0.05, 0) is 59.5 Å². The number of aryl methyl sites for hydroxylation is 2. The highest BCUT2D eigenvalue weighted by Crippen LogP contribution is 2.38. The summed E-state index contributed by atoms with van der Waals surface area (Å²) in [5.41, 5.74) is 6.82. The van der Waals surface area contributed by atoms with E-state index in [0.717, 1.165) is 27.1 Å². The van der Waals surface area contributed by atoms with Crippen LogP contribution in [0.15, 0.2) is 51.8 Å². The van der Waals surface area contributed by atoms with Crippen LogP contribution in [-0.2, 0) is 14.8 Å². The molecule has 0 bridgehead atoms. The first-order chi connectivity index (χ1) is 14.2. The summed E-state index contributed by atoms with van der Waals surface area (Å²) in [6.45, 7) is 7.61. The summed E-state index contributed by atoms with van der Waals surface area (Å²) >= 11 is 1.48. The van der Waals surface area contributed by atoms with Gasteiger partial charge in [-0.2, -0.15) is 5.10 Å². The number of carbonyl (C=O) groups is 1. The number of sulfonamides is 1. The smallest absolute Gasteiger partial charge is 0.255 e. The fourth-order valence-electron chi connectivity index (χ4n) is 3.17. The maximum atomic E-state index is 13.0. The third-order valence-electron chi connectivity index (χ3n) is 4.82. The Kier molecular flexibility index (Phi) is 6.70. The lowest BCUT2D eigenvalue weighted by Crippen LogP contribution is -2.35. The third-order valence-corrected chi connectivity index (χ3v) is 7.05. The average Bonchev–Trinajstić information content (AvgIpc) is 3.27. The molecule has 1 aromatic rings. The largest absolute Gasteiger partial charge is 0.272 e. The molecule has 0 unspecified atom stereocenters. The molecular weight excluding hydrogens is 418 g/mol. The molecule has 0 radical (unpaired) electrons. The predicted octanol–water partition coefficient (Wildman–Crippen LogP) is 4.02. The molecule has 2 aliphatic carbocycles. The molecule has 1 heterocycles. The Bertz CT molecular complexity index is 1150. The Balaban J connectivity index is 1.79. The Labute approximate surface area is 181 Å². The van der Waals surface area contributed by atoms with Gasteiger partial charge >= 0.3 is 0 Å². The van der Waals surface area contributed by atoms with Gasteiger partial charge in [0.25, 0.3) is 5.91 Å². The molecule has 3 rings (SSSR count). The van der Waals surface area contributed by atoms with Crippen LogP contribution < -0.4 is 10.1 Å². The molecule has 2 N–H and O–H groups in total. The van der Waals surface area contributed by atoms with Crippen molar-refractivity contribution in [1.29, 1.82) is 0 Å². The van der Waals surface area contributed by atoms with Crippen molar-refractivity contribution in [3.63, 3.8) is 0 Å². The minimum Gasteiger partial charge on any atom is -0.272 e. The molecule has 158 valence electrons. The minimum absolute atomic E-state index is 0.188. The first kappa shape index (κ1) is 22.1. The van der Waals surface area contributed by atoms with Gasteiger partial charge in [-0.1, -0.05) is 38.1 Å². The van der Waals surface area contributed by atoms with E-state index < -0.39 is 22.5 Å². The number of thiophene rings is 1. The summed E-state index contributed by atoms with van der Waals surface area (Å²) < 4.78 is 28.3. The van der Waals surface area contributed by atoms with Gasteiger partial charge in [-0.25, -0.2) is 18.6 Å². The van der Waals surface area contributed by atoms with E-state index >= 15 is 0 Å². The Morgan fingerprint density at radius 1 is 1.17 bits per heavy atom. The molecule has 0 atom stereocenters. The van der Waals surface area contributed by atoms with Crippen LogP contribution >= 0.6 is 11.3 Å². The van der Waals surface area contributed by atoms with E-state index in [0.29, 0.717) is 11.5 Å². The van der Waals surface area contributed by atoms with Crippen molar-refractivity contribution in [1.82, 2.24) is 10.1 Å². The van der Waals surface area contributed by atoms with Gasteiger partial charge in [-0.3, -0.25) is 4.79 Å². The fourth-order valence-corrected chi connectivity index (χ4v) is 5.10. The van der Waals surface area contributed by atoms with Gasteiger partial charge in [0.1, 0.15) is 0 Å². The highest BCUT2D eigenvalue weighted by Gasteiger charge is 2.26. The molecule has 0 spiro atoms. The monoisotopic (exact) mass is 443 g/mol. The molecule has 8 heteroatoms. The molecule has 0 aromatic carbocycles. The van der Waals surface area contributed by atoms with E-state index in [1.165, 1.54) is 17.6 Å². The number of nitrogens with one attached hydrogen (secondary N) is 2. The first-order valence-electron chi connectivity index (χ1n) is 9.58. The van der Waals surface area contributed by atoms with Crippen LogP contribution in [0.2, 0.25) is 0 Å². The highest BCUT2D eigenvalue weighted by molar-refractivity contribution is 7.89. The first-order valence-corrected chi connectivity index (χ1v) is 11.9. The van der Waals surface area contributed by atoms with Crippen LogP contribution in [0.3, 0.4) is 0 Å². The molecule has 6 nitrogen and oxygen atoms in total. The summed E-state index contributed by atoms with van der Waals surface area (Å²) in [6.07, 6.45) is 1.51. The molecule has 30 heavy (non-hydrogen) atoms. The van der Waals surface area contributed by atoms with E-state index in [1.54, 1.807) is 6.07 Å². The van der Waals surface area contributed by atoms with Crippen molar-refractivity contribution in [3.05, 3.63) is 63.3 Å². The highest BCUT2D eigenvalue weighted by atomic mass is 32.2. The number of fused-ring (bicyclic) bond motifs is 1. The van der Waals surface area contributed by atoms with Crippen molar-refractivity contribution in [2.75, 3.05) is 6.54 Å². The topological polar surface area (TPSA) is 87.6 Å². The molecule has 2 aliphatic rings. The van der Waals surface area contributed by atoms with Crippen LogP contribution in [0.5, 0.6) is 0 Å². The van der Waals surface area contributed by atoms with Crippen molar-refractivity contribution < 1.29 is 13.2 Å². The van der Waals surface area contributed by atoms with Crippen LogP contribution in [0.4, 0.5) is 0 Å². The van der Waals surface area contributed by atoms with Gasteiger partial charge in [0.05, 0.1) is 17.7 Å². The number of carbonyl (C=O) groups excluding carboxylic acids is 1. The summed E-state index contributed by atoms with van der Waals surface area (Å²) in [6, 6.07) is 11.4. The van der Waals surface area contributed by atoms with Crippen molar-refractivity contribution in [2.45, 2.75) is 38.5 Å². The van der Waals surface area contributed by atoms with E-state index in [9.17, 15) is 13.2 Å². The fraction of sp³-hybridized carbons (Fsp3) is 0.273. The number of rotatable bonds is 7. The average molecular weight is 444 g/mol. The third kappa shape index (κ3) is 4.95. The number of hydrogen-bond donors (Lipinski definition) is 2.